The highest BCUT2D eigenvalue weighted by Gasteiger charge is 2.31. The van der Waals surface area contributed by atoms with Crippen molar-refractivity contribution in [2.45, 2.75) is 18.9 Å². The molecule has 1 atom stereocenters. The summed E-state index contributed by atoms with van der Waals surface area (Å²) in [6, 6.07) is 20.2. The zero-order valence-corrected chi connectivity index (χ0v) is 14.9. The highest BCUT2D eigenvalue weighted by molar-refractivity contribution is 5.93. The number of aromatic nitrogens is 1. The van der Waals surface area contributed by atoms with Gasteiger partial charge in [0.2, 0.25) is 6.10 Å². The molecule has 27 heavy (non-hydrogen) atoms. The van der Waals surface area contributed by atoms with Crippen LogP contribution in [0.2, 0.25) is 0 Å². The second-order valence-corrected chi connectivity index (χ2v) is 6.62. The Balaban J connectivity index is 1.61. The molecule has 1 fully saturated rings. The highest BCUT2D eigenvalue weighted by atomic mass is 16.5. The second-order valence-electron chi connectivity index (χ2n) is 6.62. The minimum Gasteiger partial charge on any atom is -0.443 e. The number of rotatable bonds is 4. The number of para-hydroxylation sites is 1. The predicted molar refractivity (Wildman–Crippen MR) is 102 cm³/mol. The van der Waals surface area contributed by atoms with Gasteiger partial charge in [-0.2, -0.15) is 0 Å². The normalized spacial score (nSPS) is 14.9. The van der Waals surface area contributed by atoms with Crippen LogP contribution in [0.15, 0.2) is 66.7 Å². The lowest BCUT2D eigenvalue weighted by molar-refractivity contribution is -0.140. The number of carbonyl (C=O) groups is 2. The van der Waals surface area contributed by atoms with E-state index >= 15 is 0 Å². The lowest BCUT2D eigenvalue weighted by atomic mass is 10.1. The van der Waals surface area contributed by atoms with Gasteiger partial charge in [0, 0.05) is 24.0 Å². The molecule has 5 heteroatoms. The Morgan fingerprint density at radius 3 is 2.37 bits per heavy atom. The van der Waals surface area contributed by atoms with Crippen LogP contribution in [0.5, 0.6) is 0 Å². The lowest BCUT2D eigenvalue weighted by Gasteiger charge is -2.23. The SMILES string of the molecule is O=C(O[C@H](C(=O)N1CCCC1)c1ccccc1)c1ccc2ccccc2n1. The maximum Gasteiger partial charge on any atom is 0.358 e. The molecule has 0 radical (unpaired) electrons. The van der Waals surface area contributed by atoms with Crippen molar-refractivity contribution < 1.29 is 14.3 Å². The average Bonchev–Trinajstić information content (AvgIpc) is 3.26. The first-order valence-corrected chi connectivity index (χ1v) is 9.13. The highest BCUT2D eigenvalue weighted by Crippen LogP contribution is 2.24. The Hall–Kier alpha value is -3.21. The Labute approximate surface area is 157 Å². The van der Waals surface area contributed by atoms with Crippen molar-refractivity contribution in [2.24, 2.45) is 0 Å². The van der Waals surface area contributed by atoms with Crippen molar-refractivity contribution in [3.63, 3.8) is 0 Å². The summed E-state index contributed by atoms with van der Waals surface area (Å²) in [5, 5.41) is 0.946. The molecule has 4 rings (SSSR count). The molecule has 2 aromatic carbocycles. The summed E-state index contributed by atoms with van der Waals surface area (Å²) >= 11 is 0. The second kappa shape index (κ2) is 7.58. The van der Waals surface area contributed by atoms with E-state index in [1.165, 1.54) is 0 Å². The quantitative estimate of drug-likeness (QED) is 0.665. The van der Waals surface area contributed by atoms with E-state index < -0.39 is 12.1 Å². The number of fused-ring (bicyclic) bond motifs is 1. The first-order chi connectivity index (χ1) is 13.2. The number of ether oxygens (including phenoxy) is 1. The minimum atomic E-state index is -0.954. The summed E-state index contributed by atoms with van der Waals surface area (Å²) in [7, 11) is 0. The van der Waals surface area contributed by atoms with Crippen LogP contribution in [0, 0.1) is 0 Å². The van der Waals surface area contributed by atoms with Crippen LogP contribution in [0.4, 0.5) is 0 Å². The predicted octanol–water partition coefficient (Wildman–Crippen LogP) is 3.76. The van der Waals surface area contributed by atoms with E-state index in [9.17, 15) is 9.59 Å². The van der Waals surface area contributed by atoms with Crippen molar-refractivity contribution in [1.82, 2.24) is 9.88 Å². The van der Waals surface area contributed by atoms with Crippen LogP contribution in [0.3, 0.4) is 0 Å². The van der Waals surface area contributed by atoms with Crippen LogP contribution in [0.25, 0.3) is 10.9 Å². The third kappa shape index (κ3) is 3.67. The number of likely N-dealkylation sites (tertiary alicyclic amines) is 1. The number of carbonyl (C=O) groups excluding carboxylic acids is 2. The fourth-order valence-corrected chi connectivity index (χ4v) is 3.34. The van der Waals surface area contributed by atoms with Gasteiger partial charge in [-0.1, -0.05) is 54.6 Å². The molecule has 0 unspecified atom stereocenters. The van der Waals surface area contributed by atoms with E-state index in [-0.39, 0.29) is 11.6 Å². The Morgan fingerprint density at radius 2 is 1.59 bits per heavy atom. The van der Waals surface area contributed by atoms with E-state index in [4.69, 9.17) is 4.74 Å². The van der Waals surface area contributed by atoms with E-state index in [1.807, 2.05) is 48.5 Å². The molecule has 1 saturated heterocycles. The van der Waals surface area contributed by atoms with Crippen molar-refractivity contribution in [2.75, 3.05) is 13.1 Å². The number of pyridine rings is 1. The molecular formula is C22H20N2O3. The maximum absolute atomic E-state index is 13.0. The van der Waals surface area contributed by atoms with Gasteiger partial charge in [-0.25, -0.2) is 9.78 Å². The van der Waals surface area contributed by atoms with Crippen molar-refractivity contribution >= 4 is 22.8 Å². The number of hydrogen-bond donors (Lipinski definition) is 0. The number of benzene rings is 2. The molecule has 0 N–H and O–H groups in total. The average molecular weight is 360 g/mol. The van der Waals surface area contributed by atoms with Gasteiger partial charge in [-0.15, -0.1) is 0 Å². The first kappa shape index (κ1) is 17.2. The van der Waals surface area contributed by atoms with Gasteiger partial charge in [0.25, 0.3) is 5.91 Å². The van der Waals surface area contributed by atoms with Gasteiger partial charge < -0.3 is 9.64 Å². The van der Waals surface area contributed by atoms with Crippen LogP contribution in [-0.2, 0) is 9.53 Å². The van der Waals surface area contributed by atoms with Gasteiger partial charge in [0.15, 0.2) is 0 Å². The maximum atomic E-state index is 13.0. The molecule has 0 aliphatic carbocycles. The number of amides is 1. The fraction of sp³-hybridized carbons (Fsp3) is 0.227. The topological polar surface area (TPSA) is 59.5 Å². The van der Waals surface area contributed by atoms with Crippen molar-refractivity contribution in [3.8, 4) is 0 Å². The molecule has 136 valence electrons. The molecule has 2 heterocycles. The molecule has 3 aromatic rings. The van der Waals surface area contributed by atoms with Gasteiger partial charge >= 0.3 is 5.97 Å². The van der Waals surface area contributed by atoms with Crippen LogP contribution in [0.1, 0.15) is 35.0 Å². The smallest absolute Gasteiger partial charge is 0.358 e. The molecule has 1 aliphatic rings. The van der Waals surface area contributed by atoms with Crippen LogP contribution >= 0.6 is 0 Å². The Kier molecular flexibility index (Phi) is 4.83. The van der Waals surface area contributed by atoms with Gasteiger partial charge in [-0.05, 0) is 25.0 Å². The summed E-state index contributed by atoms with van der Waals surface area (Å²) < 4.78 is 5.65. The van der Waals surface area contributed by atoms with E-state index in [1.54, 1.807) is 23.1 Å². The molecule has 0 saturated carbocycles. The largest absolute Gasteiger partial charge is 0.443 e. The molecular weight excluding hydrogens is 340 g/mol. The number of esters is 1. The van der Waals surface area contributed by atoms with Gasteiger partial charge in [0.05, 0.1) is 5.52 Å². The van der Waals surface area contributed by atoms with E-state index in [0.717, 1.165) is 18.2 Å². The van der Waals surface area contributed by atoms with E-state index in [0.29, 0.717) is 24.2 Å². The molecule has 1 aliphatic heterocycles. The fourth-order valence-electron chi connectivity index (χ4n) is 3.34. The van der Waals surface area contributed by atoms with Crippen molar-refractivity contribution in [3.05, 3.63) is 78.0 Å². The third-order valence-corrected chi connectivity index (χ3v) is 4.78. The van der Waals surface area contributed by atoms with Crippen LogP contribution < -0.4 is 0 Å². The number of hydrogen-bond acceptors (Lipinski definition) is 4. The summed E-state index contributed by atoms with van der Waals surface area (Å²) in [6.45, 7) is 1.40. The van der Waals surface area contributed by atoms with Crippen molar-refractivity contribution in [1.29, 1.82) is 0 Å². The van der Waals surface area contributed by atoms with E-state index in [2.05, 4.69) is 4.98 Å². The summed E-state index contributed by atoms with van der Waals surface area (Å²) in [4.78, 5) is 31.8. The zero-order chi connectivity index (χ0) is 18.6. The standard InChI is InChI=1S/C22H20N2O3/c25-21(24-14-6-7-15-24)20(17-9-2-1-3-10-17)27-22(26)19-13-12-16-8-4-5-11-18(16)23-19/h1-5,8-13,20H,6-7,14-15H2/t20-/m0/s1. The summed E-state index contributed by atoms with van der Waals surface area (Å²) in [5.74, 6) is -0.769. The Morgan fingerprint density at radius 1 is 0.889 bits per heavy atom. The van der Waals surface area contributed by atoms with Gasteiger partial charge in [-0.3, -0.25) is 4.79 Å². The molecule has 0 bridgehead atoms. The third-order valence-electron chi connectivity index (χ3n) is 4.78. The zero-order valence-electron chi connectivity index (χ0n) is 14.9. The monoisotopic (exact) mass is 360 g/mol. The molecule has 1 aromatic heterocycles. The van der Waals surface area contributed by atoms with Crippen LogP contribution in [-0.4, -0.2) is 34.8 Å². The molecule has 5 nitrogen and oxygen atoms in total. The van der Waals surface area contributed by atoms with Gasteiger partial charge in [0.1, 0.15) is 5.69 Å². The number of nitrogens with zero attached hydrogens (tertiary/aromatic N) is 2. The lowest BCUT2D eigenvalue weighted by Crippen LogP contribution is -2.35. The summed E-state index contributed by atoms with van der Waals surface area (Å²) in [6.07, 6.45) is 1.01. The molecule has 0 spiro atoms. The first-order valence-electron chi connectivity index (χ1n) is 9.13. The molecule has 1 amide bonds. The minimum absolute atomic E-state index is 0.173. The summed E-state index contributed by atoms with van der Waals surface area (Å²) in [5.41, 5.74) is 1.58. The Bertz CT molecular complexity index is 965.